The molecular weight excluding hydrogens is 364 g/mol. The van der Waals surface area contributed by atoms with Crippen LogP contribution in [-0.4, -0.2) is 49.2 Å². The van der Waals surface area contributed by atoms with Gasteiger partial charge in [0.25, 0.3) is 0 Å². The summed E-state index contributed by atoms with van der Waals surface area (Å²) in [7, 11) is 1.94. The number of benzene rings is 1. The van der Waals surface area contributed by atoms with Crippen molar-refractivity contribution >= 4 is 5.52 Å². The van der Waals surface area contributed by atoms with Gasteiger partial charge in [-0.15, -0.1) is 5.10 Å². The number of aromatic nitrogens is 5. The molecule has 7 heteroatoms. The molecule has 4 heterocycles. The number of morpholine rings is 1. The average molecular weight is 388 g/mol. The fourth-order valence-corrected chi connectivity index (χ4v) is 3.88. The van der Waals surface area contributed by atoms with E-state index in [0.29, 0.717) is 6.61 Å². The molecule has 0 N–H and O–H groups in total. The summed E-state index contributed by atoms with van der Waals surface area (Å²) < 4.78 is 9.75. The average Bonchev–Trinajstić information content (AvgIpc) is 3.34. The summed E-state index contributed by atoms with van der Waals surface area (Å²) in [4.78, 5) is 2.39. The Labute approximate surface area is 169 Å². The Balaban J connectivity index is 1.37. The molecule has 1 saturated heterocycles. The molecule has 7 nitrogen and oxygen atoms in total. The molecule has 1 aliphatic heterocycles. The van der Waals surface area contributed by atoms with Gasteiger partial charge in [0.1, 0.15) is 11.8 Å². The largest absolute Gasteiger partial charge is 0.369 e. The van der Waals surface area contributed by atoms with Crippen LogP contribution >= 0.6 is 0 Å². The van der Waals surface area contributed by atoms with Crippen molar-refractivity contribution in [3.05, 3.63) is 71.8 Å². The number of rotatable bonds is 4. The molecule has 5 rings (SSSR count). The van der Waals surface area contributed by atoms with Crippen molar-refractivity contribution in [2.45, 2.75) is 19.6 Å². The lowest BCUT2D eigenvalue weighted by molar-refractivity contribution is -0.0343. The van der Waals surface area contributed by atoms with Gasteiger partial charge in [-0.1, -0.05) is 41.1 Å². The predicted molar refractivity (Wildman–Crippen MR) is 110 cm³/mol. The molecule has 1 fully saturated rings. The summed E-state index contributed by atoms with van der Waals surface area (Å²) in [6.07, 6.45) is 5.94. The van der Waals surface area contributed by atoms with Gasteiger partial charge in [-0.05, 0) is 18.6 Å². The fourth-order valence-electron chi connectivity index (χ4n) is 3.88. The Hall–Kier alpha value is -3.03. The Morgan fingerprint density at radius 1 is 1.07 bits per heavy atom. The first-order chi connectivity index (χ1) is 14.2. The summed E-state index contributed by atoms with van der Waals surface area (Å²) in [5.41, 5.74) is 6.65. The quantitative estimate of drug-likeness (QED) is 0.538. The van der Waals surface area contributed by atoms with Crippen molar-refractivity contribution < 1.29 is 4.74 Å². The highest BCUT2D eigenvalue weighted by molar-refractivity contribution is 5.66. The van der Waals surface area contributed by atoms with E-state index in [1.165, 1.54) is 16.7 Å². The number of pyridine rings is 1. The van der Waals surface area contributed by atoms with Gasteiger partial charge in [0.2, 0.25) is 0 Å². The van der Waals surface area contributed by atoms with Crippen molar-refractivity contribution in [3.63, 3.8) is 0 Å². The van der Waals surface area contributed by atoms with E-state index in [9.17, 15) is 0 Å². The molecule has 148 valence electrons. The number of nitrogens with zero attached hydrogens (tertiary/aromatic N) is 6. The summed E-state index contributed by atoms with van der Waals surface area (Å²) in [5.74, 6) is 0. The third-order valence-electron chi connectivity index (χ3n) is 5.45. The second-order valence-corrected chi connectivity index (χ2v) is 7.71. The monoisotopic (exact) mass is 388 g/mol. The molecule has 0 unspecified atom stereocenters. The number of hydrogen-bond acceptors (Lipinski definition) is 5. The first-order valence-corrected chi connectivity index (χ1v) is 9.89. The zero-order chi connectivity index (χ0) is 19.8. The molecule has 0 saturated carbocycles. The molecule has 0 aliphatic carbocycles. The van der Waals surface area contributed by atoms with Crippen LogP contribution in [0.15, 0.2) is 55.0 Å². The van der Waals surface area contributed by atoms with Crippen molar-refractivity contribution in [2.75, 3.05) is 19.7 Å². The van der Waals surface area contributed by atoms with Crippen LogP contribution in [0.1, 0.15) is 22.9 Å². The van der Waals surface area contributed by atoms with Crippen molar-refractivity contribution in [1.29, 1.82) is 0 Å². The van der Waals surface area contributed by atoms with Gasteiger partial charge >= 0.3 is 0 Å². The third kappa shape index (κ3) is 3.66. The van der Waals surface area contributed by atoms with Gasteiger partial charge in [-0.3, -0.25) is 9.58 Å². The molecule has 0 spiro atoms. The van der Waals surface area contributed by atoms with Crippen LogP contribution < -0.4 is 0 Å². The number of ether oxygens (including phenoxy) is 1. The topological polar surface area (TPSA) is 60.5 Å². The lowest BCUT2D eigenvalue weighted by Crippen LogP contribution is -2.38. The Kier molecular flexibility index (Phi) is 4.61. The van der Waals surface area contributed by atoms with Crippen LogP contribution in [0.5, 0.6) is 0 Å². The maximum Gasteiger partial charge on any atom is 0.121 e. The number of aryl methyl sites for hydroxylation is 2. The summed E-state index contributed by atoms with van der Waals surface area (Å²) in [6.45, 7) is 5.35. The molecule has 1 aromatic carbocycles. The SMILES string of the molecule is Cc1ccc(-c2ccc3c([C@@H]4CN(Cc5cnn(C)c5)CCO4)nnn3c2)cc1. The second-order valence-electron chi connectivity index (χ2n) is 7.71. The first kappa shape index (κ1) is 18.0. The van der Waals surface area contributed by atoms with Gasteiger partial charge in [-0.25, -0.2) is 4.52 Å². The smallest absolute Gasteiger partial charge is 0.121 e. The maximum absolute atomic E-state index is 6.05. The van der Waals surface area contributed by atoms with E-state index in [2.05, 4.69) is 69.8 Å². The molecule has 1 aliphatic rings. The minimum Gasteiger partial charge on any atom is -0.369 e. The van der Waals surface area contributed by atoms with Crippen LogP contribution in [0.2, 0.25) is 0 Å². The van der Waals surface area contributed by atoms with Crippen LogP contribution in [-0.2, 0) is 18.3 Å². The highest BCUT2D eigenvalue weighted by atomic mass is 16.5. The fraction of sp³-hybridized carbons (Fsp3) is 0.318. The zero-order valence-corrected chi connectivity index (χ0v) is 16.7. The van der Waals surface area contributed by atoms with E-state index in [-0.39, 0.29) is 6.10 Å². The van der Waals surface area contributed by atoms with Gasteiger partial charge < -0.3 is 4.74 Å². The zero-order valence-electron chi connectivity index (χ0n) is 16.7. The van der Waals surface area contributed by atoms with Gasteiger partial charge in [0.05, 0.1) is 18.3 Å². The van der Waals surface area contributed by atoms with E-state index in [0.717, 1.165) is 36.4 Å². The number of hydrogen-bond donors (Lipinski definition) is 0. The standard InChI is InChI=1S/C22H24N6O/c1-16-3-5-18(6-4-16)19-7-8-20-22(24-25-28(20)14-19)21-15-27(9-10-29-21)13-17-11-23-26(2)12-17/h3-8,11-12,14,21H,9-10,13,15H2,1-2H3/t21-/m0/s1. The predicted octanol–water partition coefficient (Wildman–Crippen LogP) is 3.01. The minimum atomic E-state index is -0.0804. The lowest BCUT2D eigenvalue weighted by Gasteiger charge is -2.31. The first-order valence-electron chi connectivity index (χ1n) is 9.89. The molecule has 0 bridgehead atoms. The molecule has 0 amide bonds. The maximum atomic E-state index is 6.05. The highest BCUT2D eigenvalue weighted by Gasteiger charge is 2.26. The normalized spacial score (nSPS) is 17.8. The minimum absolute atomic E-state index is 0.0804. The Bertz CT molecular complexity index is 1130. The van der Waals surface area contributed by atoms with E-state index in [1.807, 2.05) is 28.6 Å². The third-order valence-corrected chi connectivity index (χ3v) is 5.45. The lowest BCUT2D eigenvalue weighted by atomic mass is 10.1. The summed E-state index contributed by atoms with van der Waals surface area (Å²) >= 11 is 0. The van der Waals surface area contributed by atoms with E-state index in [4.69, 9.17) is 4.74 Å². The molecule has 3 aromatic heterocycles. The van der Waals surface area contributed by atoms with Gasteiger partial charge in [0, 0.05) is 50.2 Å². The van der Waals surface area contributed by atoms with E-state index in [1.54, 1.807) is 0 Å². The van der Waals surface area contributed by atoms with Crippen LogP contribution in [0.3, 0.4) is 0 Å². The van der Waals surface area contributed by atoms with Gasteiger partial charge in [-0.2, -0.15) is 5.10 Å². The summed E-state index contributed by atoms with van der Waals surface area (Å²) in [6, 6.07) is 12.7. The summed E-state index contributed by atoms with van der Waals surface area (Å²) in [5, 5.41) is 13.1. The van der Waals surface area contributed by atoms with Gasteiger partial charge in [0.15, 0.2) is 0 Å². The van der Waals surface area contributed by atoms with Crippen LogP contribution in [0, 0.1) is 6.92 Å². The van der Waals surface area contributed by atoms with E-state index >= 15 is 0 Å². The highest BCUT2D eigenvalue weighted by Crippen LogP contribution is 2.27. The molecule has 29 heavy (non-hydrogen) atoms. The molecular formula is C22H24N6O. The Morgan fingerprint density at radius 2 is 1.90 bits per heavy atom. The molecule has 1 atom stereocenters. The van der Waals surface area contributed by atoms with E-state index < -0.39 is 0 Å². The number of fused-ring (bicyclic) bond motifs is 1. The molecule has 4 aromatic rings. The van der Waals surface area contributed by atoms with Crippen molar-refractivity contribution in [3.8, 4) is 11.1 Å². The molecule has 0 radical (unpaired) electrons. The van der Waals surface area contributed by atoms with Crippen molar-refractivity contribution in [1.82, 2.24) is 29.5 Å². The van der Waals surface area contributed by atoms with Crippen molar-refractivity contribution in [2.24, 2.45) is 7.05 Å². The second kappa shape index (κ2) is 7.42. The van der Waals surface area contributed by atoms with Crippen LogP contribution in [0.4, 0.5) is 0 Å². The Morgan fingerprint density at radius 3 is 2.69 bits per heavy atom. The van der Waals surface area contributed by atoms with Crippen LogP contribution in [0.25, 0.3) is 16.6 Å².